The van der Waals surface area contributed by atoms with Crippen molar-refractivity contribution in [3.05, 3.63) is 93.3 Å². The number of aromatic nitrogens is 6. The summed E-state index contributed by atoms with van der Waals surface area (Å²) in [6, 6.07) is 14.8. The molecular weight excluding hydrogens is 542 g/mol. The van der Waals surface area contributed by atoms with Crippen molar-refractivity contribution in [1.29, 1.82) is 0 Å². The number of anilines is 2. The Bertz CT molecular complexity index is 1720. The maximum absolute atomic E-state index is 12.9. The lowest BCUT2D eigenvalue weighted by Crippen LogP contribution is -2.46. The van der Waals surface area contributed by atoms with Crippen molar-refractivity contribution in [2.24, 2.45) is 0 Å². The Morgan fingerprint density at radius 3 is 2.71 bits per heavy atom. The summed E-state index contributed by atoms with van der Waals surface area (Å²) in [5.74, 6) is 1.00. The van der Waals surface area contributed by atoms with Gasteiger partial charge in [0.2, 0.25) is 5.95 Å². The van der Waals surface area contributed by atoms with E-state index >= 15 is 0 Å². The highest BCUT2D eigenvalue weighted by atomic mass is 35.5. The van der Waals surface area contributed by atoms with Gasteiger partial charge in [0.25, 0.3) is 5.56 Å². The summed E-state index contributed by atoms with van der Waals surface area (Å²) in [6.45, 7) is 6.22. The fraction of sp³-hybridized carbons (Fsp3) is 0.276. The number of aliphatic hydroxyl groups excluding tert-OH is 1. The largest absolute Gasteiger partial charge is 0.387 e. The van der Waals surface area contributed by atoms with Gasteiger partial charge < -0.3 is 25.3 Å². The smallest absolute Gasteiger partial charge is 0.261 e. The van der Waals surface area contributed by atoms with Crippen LogP contribution in [0.25, 0.3) is 22.6 Å². The number of imidazole rings is 1. The molecule has 5 aromatic rings. The molecule has 0 aliphatic carbocycles. The zero-order valence-corrected chi connectivity index (χ0v) is 23.3. The molecule has 5 heterocycles. The van der Waals surface area contributed by atoms with Gasteiger partial charge >= 0.3 is 0 Å². The first-order chi connectivity index (χ1) is 19.9. The summed E-state index contributed by atoms with van der Waals surface area (Å²) in [5.41, 5.74) is 4.16. The van der Waals surface area contributed by atoms with Crippen LogP contribution in [0.1, 0.15) is 23.1 Å². The van der Waals surface area contributed by atoms with Crippen molar-refractivity contribution < 1.29 is 5.11 Å². The zero-order chi connectivity index (χ0) is 28.3. The summed E-state index contributed by atoms with van der Waals surface area (Å²) >= 11 is 6.07. The number of hydrogen-bond acceptors (Lipinski definition) is 9. The van der Waals surface area contributed by atoms with Crippen molar-refractivity contribution in [2.75, 3.05) is 42.9 Å². The average molecular weight is 572 g/mol. The first-order valence-corrected chi connectivity index (χ1v) is 13.8. The van der Waals surface area contributed by atoms with E-state index in [0.717, 1.165) is 44.1 Å². The van der Waals surface area contributed by atoms with Crippen LogP contribution >= 0.6 is 11.6 Å². The molecule has 1 aliphatic rings. The molecule has 4 aromatic heterocycles. The molecule has 210 valence electrons. The van der Waals surface area contributed by atoms with Crippen LogP contribution in [0.5, 0.6) is 0 Å². The standard InChI is InChI=1S/C29H30ClN9O2/c1-18-25-27(37-29(34-18)39-13-11-38(12-14-39)17-21-7-2-3-9-31-21)36-26(35-25)24-22(8-10-32-28(24)41)33-16-23(40)19-5-4-6-20(30)15-19/h2-10,15,23,40H,11-14,16-17H2,1H3,(H2,32,33,41)(H,34,35,36,37). The van der Waals surface area contributed by atoms with Crippen molar-refractivity contribution in [1.82, 2.24) is 34.8 Å². The Kier molecular flexibility index (Phi) is 7.64. The van der Waals surface area contributed by atoms with E-state index in [9.17, 15) is 9.90 Å². The lowest BCUT2D eigenvalue weighted by atomic mass is 10.1. The summed E-state index contributed by atoms with van der Waals surface area (Å²) < 4.78 is 0. The number of H-pyrrole nitrogens is 2. The zero-order valence-electron chi connectivity index (χ0n) is 22.5. The molecule has 6 rings (SSSR count). The van der Waals surface area contributed by atoms with Gasteiger partial charge in [-0.25, -0.2) is 9.97 Å². The molecular formula is C29H30ClN9O2. The average Bonchev–Trinajstić information content (AvgIpc) is 3.41. The monoisotopic (exact) mass is 571 g/mol. The van der Waals surface area contributed by atoms with E-state index in [4.69, 9.17) is 26.6 Å². The highest BCUT2D eigenvalue weighted by Crippen LogP contribution is 2.27. The van der Waals surface area contributed by atoms with Gasteiger partial charge in [-0.3, -0.25) is 14.7 Å². The summed E-state index contributed by atoms with van der Waals surface area (Å²) in [4.78, 5) is 42.1. The third kappa shape index (κ3) is 5.92. The van der Waals surface area contributed by atoms with Crippen LogP contribution in [-0.2, 0) is 6.54 Å². The van der Waals surface area contributed by atoms with Gasteiger partial charge in [0, 0.05) is 56.7 Å². The van der Waals surface area contributed by atoms with Crippen LogP contribution in [0.2, 0.25) is 5.02 Å². The van der Waals surface area contributed by atoms with E-state index in [1.165, 1.54) is 0 Å². The van der Waals surface area contributed by atoms with Gasteiger partial charge in [0.05, 0.1) is 23.2 Å². The number of fused-ring (bicyclic) bond motifs is 1. The molecule has 41 heavy (non-hydrogen) atoms. The van der Waals surface area contributed by atoms with Crippen LogP contribution in [0, 0.1) is 6.92 Å². The van der Waals surface area contributed by atoms with Crippen molar-refractivity contribution in [3.8, 4) is 11.4 Å². The second kappa shape index (κ2) is 11.7. The summed E-state index contributed by atoms with van der Waals surface area (Å²) in [5, 5.41) is 14.4. The van der Waals surface area contributed by atoms with E-state index in [0.29, 0.717) is 44.8 Å². The molecule has 1 unspecified atom stereocenters. The molecule has 0 bridgehead atoms. The first-order valence-electron chi connectivity index (χ1n) is 13.5. The number of aliphatic hydroxyl groups is 1. The Labute approximate surface area is 241 Å². The number of aryl methyl sites for hydroxylation is 1. The van der Waals surface area contributed by atoms with Crippen LogP contribution in [-0.4, -0.2) is 72.6 Å². The van der Waals surface area contributed by atoms with Crippen LogP contribution in [0.3, 0.4) is 0 Å². The van der Waals surface area contributed by atoms with E-state index in [1.54, 1.807) is 36.5 Å². The second-order valence-electron chi connectivity index (χ2n) is 10.0. The SMILES string of the molecule is Cc1nc(N2CCN(Cc3ccccn3)CC2)nc2[nH]c(-c3c(NCC(O)c4cccc(Cl)c4)cc[nH]c3=O)nc12. The minimum absolute atomic E-state index is 0.173. The normalized spacial score (nSPS) is 14.9. The van der Waals surface area contributed by atoms with Crippen LogP contribution < -0.4 is 15.8 Å². The molecule has 12 heteroatoms. The third-order valence-electron chi connectivity index (χ3n) is 7.19. The molecule has 1 fully saturated rings. The van der Waals surface area contributed by atoms with Crippen molar-refractivity contribution in [3.63, 3.8) is 0 Å². The van der Waals surface area contributed by atoms with Gasteiger partial charge in [0.1, 0.15) is 16.9 Å². The number of nitrogens with zero attached hydrogens (tertiary/aromatic N) is 6. The number of pyridine rings is 2. The van der Waals surface area contributed by atoms with Crippen LogP contribution in [0.15, 0.2) is 65.7 Å². The molecule has 0 amide bonds. The van der Waals surface area contributed by atoms with Gasteiger partial charge in [-0.15, -0.1) is 0 Å². The minimum atomic E-state index is -0.823. The van der Waals surface area contributed by atoms with Crippen molar-refractivity contribution in [2.45, 2.75) is 19.6 Å². The summed E-state index contributed by atoms with van der Waals surface area (Å²) in [6.07, 6.45) is 2.55. The Balaban J connectivity index is 1.20. The number of nitrogens with one attached hydrogen (secondary N) is 3. The Morgan fingerprint density at radius 1 is 1.07 bits per heavy atom. The number of piperazine rings is 1. The minimum Gasteiger partial charge on any atom is -0.387 e. The summed E-state index contributed by atoms with van der Waals surface area (Å²) in [7, 11) is 0. The lowest BCUT2D eigenvalue weighted by molar-refractivity contribution is 0.191. The van der Waals surface area contributed by atoms with Crippen molar-refractivity contribution >= 4 is 34.4 Å². The molecule has 1 atom stereocenters. The number of benzene rings is 1. The van der Waals surface area contributed by atoms with E-state index in [-0.39, 0.29) is 12.1 Å². The number of hydrogen-bond donors (Lipinski definition) is 4. The number of rotatable bonds is 8. The molecule has 4 N–H and O–H groups in total. The Hall–Kier alpha value is -4.32. The topological polar surface area (TPSA) is 139 Å². The predicted molar refractivity (Wildman–Crippen MR) is 159 cm³/mol. The van der Waals surface area contributed by atoms with Gasteiger partial charge in [-0.05, 0) is 42.8 Å². The first kappa shape index (κ1) is 26.9. The number of halogens is 1. The molecule has 0 radical (unpaired) electrons. The van der Waals surface area contributed by atoms with E-state index < -0.39 is 6.10 Å². The number of aromatic amines is 2. The fourth-order valence-corrected chi connectivity index (χ4v) is 5.21. The van der Waals surface area contributed by atoms with Gasteiger partial charge in [-0.2, -0.15) is 4.98 Å². The Morgan fingerprint density at radius 2 is 1.93 bits per heavy atom. The molecule has 11 nitrogen and oxygen atoms in total. The second-order valence-corrected chi connectivity index (χ2v) is 10.5. The molecule has 1 saturated heterocycles. The maximum Gasteiger partial charge on any atom is 0.261 e. The lowest BCUT2D eigenvalue weighted by Gasteiger charge is -2.34. The third-order valence-corrected chi connectivity index (χ3v) is 7.43. The fourth-order valence-electron chi connectivity index (χ4n) is 5.01. The van der Waals surface area contributed by atoms with Gasteiger partial charge in [-0.1, -0.05) is 29.8 Å². The molecule has 0 saturated carbocycles. The van der Waals surface area contributed by atoms with E-state index in [1.807, 2.05) is 31.3 Å². The highest BCUT2D eigenvalue weighted by Gasteiger charge is 2.22. The highest BCUT2D eigenvalue weighted by molar-refractivity contribution is 6.30. The molecule has 1 aromatic carbocycles. The van der Waals surface area contributed by atoms with Crippen LogP contribution in [0.4, 0.5) is 11.6 Å². The van der Waals surface area contributed by atoms with Gasteiger partial charge in [0.15, 0.2) is 5.65 Å². The quantitative estimate of drug-likeness (QED) is 0.220. The predicted octanol–water partition coefficient (Wildman–Crippen LogP) is 3.53. The molecule has 0 spiro atoms. The van der Waals surface area contributed by atoms with E-state index in [2.05, 4.69) is 30.1 Å². The maximum atomic E-state index is 12.9. The molecule has 1 aliphatic heterocycles.